The fraction of sp³-hybridized carbons (Fsp3) is 0.667. The number of imidazole rings is 1. The van der Waals surface area contributed by atoms with Gasteiger partial charge in [0.1, 0.15) is 16.5 Å². The third-order valence-electron chi connectivity index (χ3n) is 7.86. The molecule has 3 atom stereocenters. The van der Waals surface area contributed by atoms with Crippen molar-refractivity contribution in [2.24, 2.45) is 11.8 Å². The van der Waals surface area contributed by atoms with E-state index in [0.29, 0.717) is 55.4 Å². The van der Waals surface area contributed by atoms with E-state index in [4.69, 9.17) is 27.1 Å². The van der Waals surface area contributed by atoms with Crippen molar-refractivity contribution in [3.63, 3.8) is 0 Å². The Balaban J connectivity index is 1.33. The van der Waals surface area contributed by atoms with E-state index in [1.165, 1.54) is 6.42 Å². The minimum Gasteiger partial charge on any atom is -0.379 e. The van der Waals surface area contributed by atoms with E-state index in [-0.39, 0.29) is 12.5 Å². The fourth-order valence-electron chi connectivity index (χ4n) is 5.86. The predicted octanol–water partition coefficient (Wildman–Crippen LogP) is 2.42. The monoisotopic (exact) mass is 526 g/mol. The molecule has 1 saturated heterocycles. The Bertz CT molecular complexity index is 1140. The van der Waals surface area contributed by atoms with Crippen molar-refractivity contribution in [3.05, 3.63) is 29.5 Å². The third kappa shape index (κ3) is 6.58. The molecule has 1 unspecified atom stereocenters. The summed E-state index contributed by atoms with van der Waals surface area (Å²) in [6.45, 7) is 6.46. The van der Waals surface area contributed by atoms with Crippen molar-refractivity contribution >= 4 is 18.5 Å². The van der Waals surface area contributed by atoms with E-state index in [0.717, 1.165) is 62.8 Å². The minimum absolute atomic E-state index is 0.198. The van der Waals surface area contributed by atoms with Gasteiger partial charge in [0.15, 0.2) is 0 Å². The normalized spacial score (nSPS) is 26.4. The second kappa shape index (κ2) is 12.5. The molecule has 1 N–H and O–H groups in total. The SMILES string of the molecule is CN1CC[C@@H]2CC3CCCn4c3nc(c4S)C#CCNC(=O)c3cnn(c3)CCOCCOCC[C@H]2C1. The van der Waals surface area contributed by atoms with Crippen molar-refractivity contribution in [2.75, 3.05) is 53.1 Å². The Morgan fingerprint density at radius 1 is 1.08 bits per heavy atom. The molecule has 200 valence electrons. The van der Waals surface area contributed by atoms with Gasteiger partial charge in [-0.05, 0) is 63.5 Å². The Morgan fingerprint density at radius 2 is 1.95 bits per heavy atom. The lowest BCUT2D eigenvalue weighted by atomic mass is 9.76. The van der Waals surface area contributed by atoms with Gasteiger partial charge in [-0.15, -0.1) is 12.6 Å². The molecule has 5 heterocycles. The molecule has 0 saturated carbocycles. The first kappa shape index (κ1) is 26.3. The summed E-state index contributed by atoms with van der Waals surface area (Å²) in [7, 11) is 2.23. The van der Waals surface area contributed by atoms with E-state index in [1.807, 2.05) is 0 Å². The summed E-state index contributed by atoms with van der Waals surface area (Å²) in [5.41, 5.74) is 1.21. The van der Waals surface area contributed by atoms with Gasteiger partial charge in [-0.2, -0.15) is 5.10 Å². The molecule has 0 aliphatic carbocycles. The first-order chi connectivity index (χ1) is 18.1. The van der Waals surface area contributed by atoms with Crippen LogP contribution in [0.5, 0.6) is 0 Å². The highest BCUT2D eigenvalue weighted by molar-refractivity contribution is 7.80. The van der Waals surface area contributed by atoms with E-state index >= 15 is 0 Å². The first-order valence-electron chi connectivity index (χ1n) is 13.5. The molecular weight excluding hydrogens is 488 g/mol. The number of ether oxygens (including phenoxy) is 2. The van der Waals surface area contributed by atoms with Crippen LogP contribution in [-0.4, -0.2) is 83.2 Å². The predicted molar refractivity (Wildman–Crippen MR) is 143 cm³/mol. The van der Waals surface area contributed by atoms with Gasteiger partial charge in [-0.1, -0.05) is 5.92 Å². The zero-order chi connectivity index (χ0) is 25.6. The molecule has 3 aliphatic rings. The van der Waals surface area contributed by atoms with Crippen LogP contribution in [0.4, 0.5) is 0 Å². The molecule has 0 aromatic carbocycles. The largest absolute Gasteiger partial charge is 0.379 e. The average Bonchev–Trinajstić information content (AvgIpc) is 3.50. The Hall–Kier alpha value is -2.32. The Morgan fingerprint density at radius 3 is 2.84 bits per heavy atom. The van der Waals surface area contributed by atoms with Gasteiger partial charge in [-0.3, -0.25) is 9.48 Å². The maximum absolute atomic E-state index is 12.5. The molecule has 4 bridgehead atoms. The number of fused-ring (bicyclic) bond motifs is 4. The second-order valence-electron chi connectivity index (χ2n) is 10.4. The highest BCUT2D eigenvalue weighted by Crippen LogP contribution is 2.39. The van der Waals surface area contributed by atoms with E-state index in [9.17, 15) is 4.79 Å². The summed E-state index contributed by atoms with van der Waals surface area (Å²) in [5.74, 6) is 8.86. The van der Waals surface area contributed by atoms with Crippen molar-refractivity contribution in [2.45, 2.75) is 56.1 Å². The molecule has 9 nitrogen and oxygen atoms in total. The zero-order valence-electron chi connectivity index (χ0n) is 21.7. The summed E-state index contributed by atoms with van der Waals surface area (Å²) in [5, 5.41) is 7.95. The number of rotatable bonds is 0. The number of amides is 1. The van der Waals surface area contributed by atoms with Gasteiger partial charge >= 0.3 is 0 Å². The van der Waals surface area contributed by atoms with Gasteiger partial charge in [0, 0.05) is 31.8 Å². The molecule has 10 heteroatoms. The summed E-state index contributed by atoms with van der Waals surface area (Å²) in [4.78, 5) is 19.9. The first-order valence-corrected chi connectivity index (χ1v) is 14.0. The van der Waals surface area contributed by atoms with Crippen LogP contribution in [0.3, 0.4) is 0 Å². The van der Waals surface area contributed by atoms with E-state index < -0.39 is 0 Å². The maximum atomic E-state index is 12.5. The molecule has 5 rings (SSSR count). The maximum Gasteiger partial charge on any atom is 0.255 e. The van der Waals surface area contributed by atoms with Crippen LogP contribution in [-0.2, 0) is 22.6 Å². The van der Waals surface area contributed by atoms with Gasteiger partial charge in [0.05, 0.1) is 44.7 Å². The van der Waals surface area contributed by atoms with Gasteiger partial charge in [0.2, 0.25) is 0 Å². The zero-order valence-corrected chi connectivity index (χ0v) is 22.6. The molecule has 1 fully saturated rings. The second-order valence-corrected chi connectivity index (χ2v) is 10.9. The third-order valence-corrected chi connectivity index (χ3v) is 8.31. The van der Waals surface area contributed by atoms with Crippen LogP contribution in [0.1, 0.15) is 59.9 Å². The number of carbonyl (C=O) groups excluding carboxylic acids is 1. The molecular formula is C27H38N6O3S. The number of likely N-dealkylation sites (tertiary alicyclic amines) is 1. The number of thiol groups is 1. The van der Waals surface area contributed by atoms with Crippen molar-refractivity contribution in [3.8, 4) is 11.8 Å². The summed E-state index contributed by atoms with van der Waals surface area (Å²) >= 11 is 4.79. The lowest BCUT2D eigenvalue weighted by Crippen LogP contribution is -2.39. The Kier molecular flexibility index (Phi) is 8.87. The average molecular weight is 527 g/mol. The number of piperidine rings is 1. The minimum atomic E-state index is -0.198. The van der Waals surface area contributed by atoms with Crippen LogP contribution >= 0.6 is 12.6 Å². The van der Waals surface area contributed by atoms with Crippen LogP contribution in [0, 0.1) is 23.7 Å². The van der Waals surface area contributed by atoms with Crippen molar-refractivity contribution < 1.29 is 14.3 Å². The quantitative estimate of drug-likeness (QED) is 0.405. The topological polar surface area (TPSA) is 86.4 Å². The van der Waals surface area contributed by atoms with Gasteiger partial charge < -0.3 is 24.3 Å². The van der Waals surface area contributed by atoms with Crippen LogP contribution in [0.2, 0.25) is 0 Å². The highest BCUT2D eigenvalue weighted by atomic mass is 32.1. The number of nitrogens with zero attached hydrogens (tertiary/aromatic N) is 5. The summed E-state index contributed by atoms with van der Waals surface area (Å²) in [6.07, 6.45) is 9.04. The number of hydrogen-bond donors (Lipinski definition) is 2. The summed E-state index contributed by atoms with van der Waals surface area (Å²) < 4.78 is 15.6. The highest BCUT2D eigenvalue weighted by Gasteiger charge is 2.33. The smallest absolute Gasteiger partial charge is 0.255 e. The Labute approximate surface area is 224 Å². The lowest BCUT2D eigenvalue weighted by Gasteiger charge is -2.39. The molecule has 3 aliphatic heterocycles. The molecule has 0 spiro atoms. The number of nitrogens with one attached hydrogen (secondary N) is 1. The van der Waals surface area contributed by atoms with Crippen molar-refractivity contribution in [1.82, 2.24) is 29.5 Å². The number of aromatic nitrogens is 4. The molecule has 2 aromatic heterocycles. The summed E-state index contributed by atoms with van der Waals surface area (Å²) in [6, 6.07) is 0. The van der Waals surface area contributed by atoms with E-state index in [1.54, 1.807) is 17.1 Å². The molecule has 1 amide bonds. The number of carbonyl (C=O) groups is 1. The van der Waals surface area contributed by atoms with Crippen molar-refractivity contribution in [1.29, 1.82) is 0 Å². The number of hydrogen-bond acceptors (Lipinski definition) is 7. The molecule has 2 aromatic rings. The molecule has 0 radical (unpaired) electrons. The molecule has 37 heavy (non-hydrogen) atoms. The fourth-order valence-corrected chi connectivity index (χ4v) is 6.17. The lowest BCUT2D eigenvalue weighted by molar-refractivity contribution is 0.0281. The van der Waals surface area contributed by atoms with Gasteiger partial charge in [-0.25, -0.2) is 4.98 Å². The van der Waals surface area contributed by atoms with E-state index in [2.05, 4.69) is 38.8 Å². The van der Waals surface area contributed by atoms with Crippen LogP contribution in [0.15, 0.2) is 17.4 Å². The van der Waals surface area contributed by atoms with Gasteiger partial charge in [0.25, 0.3) is 5.91 Å². The standard InChI is InChI=1S/C27H38N6O3S/c1-31-10-6-20-16-21-4-3-9-33-25(21)30-24(27(33)37)5-2-8-28-26(34)23-17-29-32(19-23)11-13-36-15-14-35-12-7-22(20)18-31/h17,19-22,37H,3-4,6-16,18H2,1H3,(H,28,34)/t20-,21?,22+/m1/s1. The van der Waals surface area contributed by atoms with Crippen LogP contribution < -0.4 is 5.32 Å². The van der Waals surface area contributed by atoms with Crippen LogP contribution in [0.25, 0.3) is 0 Å².